The molecule has 8 nitrogen and oxygen atoms in total. The van der Waals surface area contributed by atoms with Crippen LogP contribution in [0, 0.1) is 11.8 Å². The van der Waals surface area contributed by atoms with E-state index < -0.39 is 24.2 Å². The number of amides is 2. The van der Waals surface area contributed by atoms with E-state index in [0.717, 1.165) is 27.8 Å². The fourth-order valence-electron chi connectivity index (χ4n) is 5.20. The Kier molecular flexibility index (Phi) is 7.93. The highest BCUT2D eigenvalue weighted by Gasteiger charge is 2.44. The highest BCUT2D eigenvalue weighted by Crippen LogP contribution is 2.44. The van der Waals surface area contributed by atoms with Crippen molar-refractivity contribution in [3.63, 3.8) is 0 Å². The lowest BCUT2D eigenvalue weighted by molar-refractivity contribution is -0.146. The molecule has 2 amide bonds. The quantitative estimate of drug-likeness (QED) is 0.341. The second-order valence-electron chi connectivity index (χ2n) is 10.1. The molecule has 0 heterocycles. The Hall–Kier alpha value is -4.17. The van der Waals surface area contributed by atoms with Crippen molar-refractivity contribution in [2.45, 2.75) is 38.0 Å². The van der Waals surface area contributed by atoms with E-state index in [1.165, 1.54) is 0 Å². The Morgan fingerprint density at radius 1 is 0.923 bits per heavy atom. The molecule has 39 heavy (non-hydrogen) atoms. The zero-order valence-electron chi connectivity index (χ0n) is 21.7. The molecule has 4 atom stereocenters. The predicted molar refractivity (Wildman–Crippen MR) is 145 cm³/mol. The van der Waals surface area contributed by atoms with Crippen LogP contribution < -0.4 is 10.6 Å². The molecule has 0 spiro atoms. The summed E-state index contributed by atoms with van der Waals surface area (Å²) in [5.41, 5.74) is 5.52. The SMILES string of the molecule is C[C@H](OCc1ccccc1)[C@@H](NC(=O)[C@H]1C[C@H]1CNC(=O)OCC1c2ccccc2-c2ccccc21)C(=O)O. The number of ether oxygens (including phenoxy) is 2. The maximum atomic E-state index is 12.7. The summed E-state index contributed by atoms with van der Waals surface area (Å²) >= 11 is 0. The number of nitrogens with one attached hydrogen (secondary N) is 2. The first kappa shape index (κ1) is 26.4. The molecule has 1 fully saturated rings. The van der Waals surface area contributed by atoms with Crippen LogP contribution in [0.3, 0.4) is 0 Å². The van der Waals surface area contributed by atoms with Crippen molar-refractivity contribution in [2.24, 2.45) is 11.8 Å². The fraction of sp³-hybridized carbons (Fsp3) is 0.323. The Bertz CT molecular complexity index is 1300. The highest BCUT2D eigenvalue weighted by atomic mass is 16.5. The molecule has 0 aromatic heterocycles. The predicted octanol–water partition coefficient (Wildman–Crippen LogP) is 4.34. The first-order chi connectivity index (χ1) is 18.9. The van der Waals surface area contributed by atoms with Crippen molar-refractivity contribution in [1.82, 2.24) is 10.6 Å². The van der Waals surface area contributed by atoms with Gasteiger partial charge in [-0.25, -0.2) is 9.59 Å². The number of carboxylic acids is 1. The molecule has 0 aliphatic heterocycles. The van der Waals surface area contributed by atoms with Gasteiger partial charge in [0.2, 0.25) is 5.91 Å². The summed E-state index contributed by atoms with van der Waals surface area (Å²) in [5.74, 6) is -1.96. The third-order valence-corrected chi connectivity index (χ3v) is 7.50. The summed E-state index contributed by atoms with van der Waals surface area (Å²) in [6, 6.07) is 24.5. The minimum atomic E-state index is -1.17. The van der Waals surface area contributed by atoms with Gasteiger partial charge in [0.05, 0.1) is 12.7 Å². The lowest BCUT2D eigenvalue weighted by Crippen LogP contribution is -2.49. The van der Waals surface area contributed by atoms with Crippen molar-refractivity contribution in [2.75, 3.05) is 13.2 Å². The average Bonchev–Trinajstić information content (AvgIpc) is 3.67. The summed E-state index contributed by atoms with van der Waals surface area (Å²) in [6.07, 6.45) is -0.682. The van der Waals surface area contributed by atoms with Gasteiger partial charge in [0, 0.05) is 18.4 Å². The first-order valence-corrected chi connectivity index (χ1v) is 13.2. The van der Waals surface area contributed by atoms with Gasteiger partial charge < -0.3 is 25.2 Å². The molecule has 5 rings (SSSR count). The average molecular weight is 529 g/mol. The number of hydrogen-bond acceptors (Lipinski definition) is 5. The number of carbonyl (C=O) groups is 3. The summed E-state index contributed by atoms with van der Waals surface area (Å²) in [6.45, 7) is 2.38. The Morgan fingerprint density at radius 3 is 2.18 bits per heavy atom. The van der Waals surface area contributed by atoms with Crippen LogP contribution in [0.25, 0.3) is 11.1 Å². The minimum Gasteiger partial charge on any atom is -0.480 e. The van der Waals surface area contributed by atoms with Crippen molar-refractivity contribution >= 4 is 18.0 Å². The van der Waals surface area contributed by atoms with Crippen LogP contribution >= 0.6 is 0 Å². The molecule has 202 valence electrons. The smallest absolute Gasteiger partial charge is 0.407 e. The van der Waals surface area contributed by atoms with Gasteiger partial charge in [-0.2, -0.15) is 0 Å². The van der Waals surface area contributed by atoms with Crippen molar-refractivity contribution in [3.8, 4) is 11.1 Å². The normalized spacial score (nSPS) is 18.8. The molecule has 3 N–H and O–H groups in total. The van der Waals surface area contributed by atoms with E-state index in [1.54, 1.807) is 6.92 Å². The van der Waals surface area contributed by atoms with E-state index in [-0.39, 0.29) is 43.4 Å². The van der Waals surface area contributed by atoms with Crippen LogP contribution in [0.5, 0.6) is 0 Å². The molecule has 8 heteroatoms. The van der Waals surface area contributed by atoms with E-state index in [1.807, 2.05) is 54.6 Å². The number of aliphatic carboxylic acids is 1. The largest absolute Gasteiger partial charge is 0.480 e. The number of carbonyl (C=O) groups excluding carboxylic acids is 2. The van der Waals surface area contributed by atoms with Crippen LogP contribution in [0.15, 0.2) is 78.9 Å². The lowest BCUT2D eigenvalue weighted by atomic mass is 9.98. The molecule has 0 unspecified atom stereocenters. The minimum absolute atomic E-state index is 0.0262. The Morgan fingerprint density at radius 2 is 1.54 bits per heavy atom. The van der Waals surface area contributed by atoms with Gasteiger partial charge >= 0.3 is 12.1 Å². The van der Waals surface area contributed by atoms with Gasteiger partial charge in [0.25, 0.3) is 0 Å². The molecular weight excluding hydrogens is 496 g/mol. The number of rotatable bonds is 11. The van der Waals surface area contributed by atoms with Gasteiger partial charge in [0.1, 0.15) is 6.61 Å². The number of fused-ring (bicyclic) bond motifs is 3. The molecule has 2 aliphatic carbocycles. The summed E-state index contributed by atoms with van der Waals surface area (Å²) in [5, 5.41) is 15.0. The Labute approximate surface area is 227 Å². The fourth-order valence-corrected chi connectivity index (χ4v) is 5.20. The first-order valence-electron chi connectivity index (χ1n) is 13.2. The van der Waals surface area contributed by atoms with E-state index in [9.17, 15) is 19.5 Å². The van der Waals surface area contributed by atoms with Crippen molar-refractivity contribution in [1.29, 1.82) is 0 Å². The monoisotopic (exact) mass is 528 g/mol. The van der Waals surface area contributed by atoms with Crippen molar-refractivity contribution < 1.29 is 29.0 Å². The molecule has 2 aliphatic rings. The molecule has 1 saturated carbocycles. The van der Waals surface area contributed by atoms with E-state index in [2.05, 4.69) is 34.9 Å². The number of carboxylic acid groups (broad SMARTS) is 1. The molecule has 3 aromatic rings. The van der Waals surface area contributed by atoms with Crippen LogP contribution in [0.4, 0.5) is 4.79 Å². The van der Waals surface area contributed by atoms with Gasteiger partial charge in [-0.05, 0) is 47.1 Å². The number of alkyl carbamates (subject to hydrolysis) is 1. The lowest BCUT2D eigenvalue weighted by Gasteiger charge is -2.22. The topological polar surface area (TPSA) is 114 Å². The van der Waals surface area contributed by atoms with E-state index in [0.29, 0.717) is 6.42 Å². The third kappa shape index (κ3) is 6.12. The number of hydrogen-bond donors (Lipinski definition) is 3. The molecule has 0 bridgehead atoms. The van der Waals surface area contributed by atoms with Crippen LogP contribution in [0.2, 0.25) is 0 Å². The van der Waals surface area contributed by atoms with Crippen LogP contribution in [0.1, 0.15) is 36.0 Å². The standard InChI is InChI=1S/C31H32N2O6/c1-19(38-17-20-9-3-2-4-10-20)28(30(35)36)33-29(34)26-15-21(26)16-32-31(37)39-18-27-24-13-7-5-11-22(24)23-12-6-8-14-25(23)27/h2-14,19,21,26-28H,15-18H2,1H3,(H,32,37)(H,33,34)(H,35,36)/t19-,21-,26-,28+/m0/s1. The summed E-state index contributed by atoms with van der Waals surface area (Å²) < 4.78 is 11.3. The van der Waals surface area contributed by atoms with Gasteiger partial charge in [-0.3, -0.25) is 4.79 Å². The van der Waals surface area contributed by atoms with Gasteiger partial charge in [-0.15, -0.1) is 0 Å². The van der Waals surface area contributed by atoms with Gasteiger partial charge in [0.15, 0.2) is 6.04 Å². The molecular formula is C31H32N2O6. The Balaban J connectivity index is 1.06. The summed E-state index contributed by atoms with van der Waals surface area (Å²) in [4.78, 5) is 37.0. The van der Waals surface area contributed by atoms with E-state index in [4.69, 9.17) is 9.47 Å². The summed E-state index contributed by atoms with van der Waals surface area (Å²) in [7, 11) is 0. The van der Waals surface area contributed by atoms with Crippen LogP contribution in [-0.4, -0.2) is 48.4 Å². The second-order valence-corrected chi connectivity index (χ2v) is 10.1. The van der Waals surface area contributed by atoms with Gasteiger partial charge in [-0.1, -0.05) is 78.9 Å². The molecule has 0 saturated heterocycles. The highest BCUT2D eigenvalue weighted by molar-refractivity contribution is 5.87. The zero-order chi connectivity index (χ0) is 27.4. The molecule has 3 aromatic carbocycles. The second kappa shape index (κ2) is 11.7. The maximum absolute atomic E-state index is 12.7. The van der Waals surface area contributed by atoms with Crippen LogP contribution in [-0.2, 0) is 25.7 Å². The zero-order valence-corrected chi connectivity index (χ0v) is 21.7. The maximum Gasteiger partial charge on any atom is 0.407 e. The number of benzene rings is 3. The third-order valence-electron chi connectivity index (χ3n) is 7.50. The molecule has 0 radical (unpaired) electrons. The van der Waals surface area contributed by atoms with Crippen molar-refractivity contribution in [3.05, 3.63) is 95.6 Å². The van der Waals surface area contributed by atoms with E-state index >= 15 is 0 Å².